The van der Waals surface area contributed by atoms with Gasteiger partial charge in [-0.3, -0.25) is 0 Å². The molecule has 2 aliphatic rings. The van der Waals surface area contributed by atoms with Crippen molar-refractivity contribution in [2.24, 2.45) is 0 Å². The minimum absolute atomic E-state index is 0.298. The van der Waals surface area contributed by atoms with Crippen LogP contribution in [-0.4, -0.2) is 67.8 Å². The van der Waals surface area contributed by atoms with Gasteiger partial charge in [0.2, 0.25) is 5.89 Å². The van der Waals surface area contributed by atoms with Crippen LogP contribution < -0.4 is 9.80 Å². The Morgan fingerprint density at radius 2 is 1.60 bits per heavy atom. The van der Waals surface area contributed by atoms with Crippen molar-refractivity contribution in [2.75, 3.05) is 62.4 Å². The molecule has 0 radical (unpaired) electrons. The molecule has 5 rings (SSSR count). The van der Waals surface area contributed by atoms with Gasteiger partial charge in [-0.1, -0.05) is 11.3 Å². The third kappa shape index (κ3) is 3.78. The van der Waals surface area contributed by atoms with E-state index in [1.807, 2.05) is 6.92 Å². The van der Waals surface area contributed by atoms with Crippen molar-refractivity contribution in [1.29, 1.82) is 0 Å². The van der Waals surface area contributed by atoms with Crippen molar-refractivity contribution in [3.05, 3.63) is 29.7 Å². The zero-order valence-electron chi connectivity index (χ0n) is 16.6. The number of aromatic nitrogens is 3. The topological polar surface area (TPSA) is 76.8 Å². The van der Waals surface area contributed by atoms with Gasteiger partial charge >= 0.3 is 0 Å². The number of nitrogens with zero attached hydrogens (tertiary/aromatic N) is 5. The molecule has 2 aromatic heterocycles. The number of aryl methyl sites for hydroxylation is 1. The first-order chi connectivity index (χ1) is 14.7. The molecule has 0 unspecified atom stereocenters. The zero-order chi connectivity index (χ0) is 20.5. The van der Waals surface area contributed by atoms with E-state index in [-0.39, 0.29) is 5.82 Å². The first kappa shape index (κ1) is 19.4. The molecule has 2 aliphatic heterocycles. The third-order valence-electron chi connectivity index (χ3n) is 5.23. The molecule has 158 valence electrons. The summed E-state index contributed by atoms with van der Waals surface area (Å²) in [6.45, 7) is 7.69. The van der Waals surface area contributed by atoms with Crippen LogP contribution in [0.3, 0.4) is 0 Å². The van der Waals surface area contributed by atoms with Crippen molar-refractivity contribution in [3.63, 3.8) is 0 Å². The van der Waals surface area contributed by atoms with E-state index in [9.17, 15) is 4.39 Å². The fraction of sp³-hybridized carbons (Fsp3) is 0.450. The lowest BCUT2D eigenvalue weighted by molar-refractivity contribution is 0.122. The Morgan fingerprint density at radius 1 is 0.933 bits per heavy atom. The van der Waals surface area contributed by atoms with Crippen LogP contribution in [0.25, 0.3) is 22.2 Å². The second-order valence-electron chi connectivity index (χ2n) is 7.18. The van der Waals surface area contributed by atoms with Crippen LogP contribution >= 0.6 is 11.3 Å². The van der Waals surface area contributed by atoms with Gasteiger partial charge < -0.3 is 23.7 Å². The molecular formula is C20H22FN5O3S. The molecule has 0 amide bonds. The van der Waals surface area contributed by atoms with Gasteiger partial charge in [0.25, 0.3) is 5.89 Å². The van der Waals surface area contributed by atoms with Crippen LogP contribution in [0.1, 0.15) is 5.69 Å². The second-order valence-corrected chi connectivity index (χ2v) is 8.16. The predicted octanol–water partition coefficient (Wildman–Crippen LogP) is 2.98. The number of thiazole rings is 1. The Bertz CT molecular complexity index is 1030. The van der Waals surface area contributed by atoms with E-state index >= 15 is 0 Å². The number of benzene rings is 1. The SMILES string of the molecule is Cc1nc(N2CCOCC2)sc1-c1nnc(-c2cc(F)ccc2N2CCOCC2)o1. The summed E-state index contributed by atoms with van der Waals surface area (Å²) in [6, 6.07) is 4.66. The molecule has 10 heteroatoms. The average Bonchev–Trinajstić information content (AvgIpc) is 3.42. The zero-order valence-corrected chi connectivity index (χ0v) is 17.5. The second kappa shape index (κ2) is 8.29. The molecule has 0 N–H and O–H groups in total. The third-order valence-corrected chi connectivity index (χ3v) is 6.43. The van der Waals surface area contributed by atoms with Gasteiger partial charge in [0.05, 0.1) is 37.7 Å². The molecule has 0 bridgehead atoms. The maximum absolute atomic E-state index is 14.0. The van der Waals surface area contributed by atoms with Crippen molar-refractivity contribution in [1.82, 2.24) is 15.2 Å². The number of hydrogen-bond acceptors (Lipinski definition) is 9. The fourth-order valence-corrected chi connectivity index (χ4v) is 4.69. The van der Waals surface area contributed by atoms with E-state index in [1.54, 1.807) is 6.07 Å². The van der Waals surface area contributed by atoms with E-state index in [4.69, 9.17) is 13.9 Å². The molecule has 30 heavy (non-hydrogen) atoms. The largest absolute Gasteiger partial charge is 0.415 e. The number of ether oxygens (including phenoxy) is 2. The van der Waals surface area contributed by atoms with Gasteiger partial charge in [0.15, 0.2) is 5.13 Å². The normalized spacial score (nSPS) is 17.5. The molecule has 0 saturated carbocycles. The maximum Gasteiger partial charge on any atom is 0.260 e. The molecule has 8 nitrogen and oxygen atoms in total. The average molecular weight is 431 g/mol. The van der Waals surface area contributed by atoms with Crippen LogP contribution in [0.4, 0.5) is 15.2 Å². The van der Waals surface area contributed by atoms with E-state index < -0.39 is 0 Å². The quantitative estimate of drug-likeness (QED) is 0.624. The monoisotopic (exact) mass is 431 g/mol. The summed E-state index contributed by atoms with van der Waals surface area (Å²) in [6.07, 6.45) is 0. The Hall–Kier alpha value is -2.56. The van der Waals surface area contributed by atoms with E-state index in [0.717, 1.165) is 47.6 Å². The standard InChI is InChI=1S/C20H22FN5O3S/c1-13-17(30-20(22-13)26-6-10-28-11-7-26)19-24-23-18(29-19)15-12-14(21)2-3-16(15)25-4-8-27-9-5-25/h2-3,12H,4-11H2,1H3. The highest BCUT2D eigenvalue weighted by molar-refractivity contribution is 7.19. The van der Waals surface area contributed by atoms with Crippen molar-refractivity contribution >= 4 is 22.2 Å². The summed E-state index contributed by atoms with van der Waals surface area (Å²) in [5, 5.41) is 9.39. The van der Waals surface area contributed by atoms with Crippen molar-refractivity contribution in [3.8, 4) is 22.2 Å². The highest BCUT2D eigenvalue weighted by Crippen LogP contribution is 2.37. The van der Waals surface area contributed by atoms with Crippen LogP contribution in [-0.2, 0) is 9.47 Å². The number of morpholine rings is 2. The Kier molecular flexibility index (Phi) is 5.36. The summed E-state index contributed by atoms with van der Waals surface area (Å²) in [4.78, 5) is 9.86. The molecule has 2 saturated heterocycles. The first-order valence-electron chi connectivity index (χ1n) is 9.95. The smallest absolute Gasteiger partial charge is 0.260 e. The minimum atomic E-state index is -0.342. The lowest BCUT2D eigenvalue weighted by Crippen LogP contribution is -2.36. The van der Waals surface area contributed by atoms with Crippen LogP contribution in [0.5, 0.6) is 0 Å². The predicted molar refractivity (Wildman–Crippen MR) is 112 cm³/mol. The summed E-state index contributed by atoms with van der Waals surface area (Å²) in [5.41, 5.74) is 2.29. The van der Waals surface area contributed by atoms with Crippen molar-refractivity contribution < 1.29 is 18.3 Å². The molecule has 4 heterocycles. The van der Waals surface area contributed by atoms with Gasteiger partial charge in [0, 0.05) is 31.9 Å². The highest BCUT2D eigenvalue weighted by Gasteiger charge is 2.23. The molecule has 3 aromatic rings. The first-order valence-corrected chi connectivity index (χ1v) is 10.8. The van der Waals surface area contributed by atoms with Crippen LogP contribution in [0.2, 0.25) is 0 Å². The number of rotatable bonds is 4. The van der Waals surface area contributed by atoms with Gasteiger partial charge in [-0.2, -0.15) is 0 Å². The lowest BCUT2D eigenvalue weighted by atomic mass is 10.1. The number of halogens is 1. The summed E-state index contributed by atoms with van der Waals surface area (Å²) < 4.78 is 30.9. The van der Waals surface area contributed by atoms with E-state index in [2.05, 4.69) is 25.0 Å². The van der Waals surface area contributed by atoms with Crippen LogP contribution in [0, 0.1) is 12.7 Å². The molecule has 0 aliphatic carbocycles. The molecular weight excluding hydrogens is 409 g/mol. The Balaban J connectivity index is 1.46. The van der Waals surface area contributed by atoms with Gasteiger partial charge in [-0.15, -0.1) is 10.2 Å². The lowest BCUT2D eigenvalue weighted by Gasteiger charge is -2.30. The fourth-order valence-electron chi connectivity index (χ4n) is 3.65. The van der Waals surface area contributed by atoms with Gasteiger partial charge in [0.1, 0.15) is 10.7 Å². The molecule has 1 aromatic carbocycles. The van der Waals surface area contributed by atoms with E-state index in [0.29, 0.717) is 43.8 Å². The Morgan fingerprint density at radius 3 is 2.33 bits per heavy atom. The van der Waals surface area contributed by atoms with Crippen LogP contribution in [0.15, 0.2) is 22.6 Å². The van der Waals surface area contributed by atoms with Gasteiger partial charge in [-0.25, -0.2) is 9.37 Å². The van der Waals surface area contributed by atoms with E-state index in [1.165, 1.54) is 23.5 Å². The Labute approximate surface area is 177 Å². The number of anilines is 2. The minimum Gasteiger partial charge on any atom is -0.415 e. The van der Waals surface area contributed by atoms with Gasteiger partial charge in [-0.05, 0) is 25.1 Å². The molecule has 0 spiro atoms. The highest BCUT2D eigenvalue weighted by atomic mass is 32.1. The van der Waals surface area contributed by atoms with Crippen molar-refractivity contribution in [2.45, 2.75) is 6.92 Å². The molecule has 2 fully saturated rings. The summed E-state index contributed by atoms with van der Waals surface area (Å²) in [5.74, 6) is 0.355. The maximum atomic E-state index is 14.0. The molecule has 0 atom stereocenters. The summed E-state index contributed by atoms with van der Waals surface area (Å²) >= 11 is 1.53. The number of hydrogen-bond donors (Lipinski definition) is 0. The summed E-state index contributed by atoms with van der Waals surface area (Å²) in [7, 11) is 0.